The van der Waals surface area contributed by atoms with Crippen molar-refractivity contribution in [3.05, 3.63) is 46.5 Å². The number of amides is 3. The number of nitrogens with one attached hydrogen (secondary N) is 1. The lowest BCUT2D eigenvalue weighted by Gasteiger charge is -2.59. The predicted octanol–water partition coefficient (Wildman–Crippen LogP) is 3.98. The van der Waals surface area contributed by atoms with Crippen molar-refractivity contribution in [3.63, 3.8) is 0 Å². The number of allylic oxidation sites excluding steroid dienone is 3. The van der Waals surface area contributed by atoms with Crippen LogP contribution in [0.5, 0.6) is 5.75 Å². The van der Waals surface area contributed by atoms with Crippen LogP contribution in [0.15, 0.2) is 35.9 Å². The van der Waals surface area contributed by atoms with Gasteiger partial charge in [-0.3, -0.25) is 14.9 Å². The van der Waals surface area contributed by atoms with E-state index in [1.165, 1.54) is 38.0 Å². The summed E-state index contributed by atoms with van der Waals surface area (Å²) in [5, 5.41) is 14.4. The number of benzene rings is 1. The van der Waals surface area contributed by atoms with E-state index in [4.69, 9.17) is 35.3 Å². The number of methoxy groups -OCH3 is 2. The zero-order valence-corrected chi connectivity index (χ0v) is 31.4. The van der Waals surface area contributed by atoms with Crippen molar-refractivity contribution < 1.29 is 48.0 Å². The van der Waals surface area contributed by atoms with Crippen LogP contribution in [-0.4, -0.2) is 109 Å². The van der Waals surface area contributed by atoms with Crippen LogP contribution >= 0.6 is 24.2 Å². The minimum absolute atomic E-state index is 0.0950. The number of thiol groups is 1. The summed E-state index contributed by atoms with van der Waals surface area (Å²) < 4.78 is 29.3. The van der Waals surface area contributed by atoms with Gasteiger partial charge in [0.15, 0.2) is 5.72 Å². The van der Waals surface area contributed by atoms with Gasteiger partial charge in [-0.05, 0) is 57.6 Å². The summed E-state index contributed by atoms with van der Waals surface area (Å²) in [6.07, 6.45) is 1.68. The molecule has 0 spiro atoms. The summed E-state index contributed by atoms with van der Waals surface area (Å²) in [4.78, 5) is 55.6. The molecule has 2 unspecified atom stereocenters. The quantitative estimate of drug-likeness (QED) is 0.277. The third kappa shape index (κ3) is 8.25. The number of fused-ring (bicyclic) bond motifs is 6. The summed E-state index contributed by atoms with van der Waals surface area (Å²) in [7, 11) is 5.97. The van der Waals surface area contributed by atoms with E-state index in [0.29, 0.717) is 23.6 Å². The molecular formula is C35H48ClN3O10S. The molecule has 0 aliphatic carbocycles. The van der Waals surface area contributed by atoms with Crippen LogP contribution in [0.25, 0.3) is 0 Å². The number of hydrogen-bond donors (Lipinski definition) is 3. The zero-order valence-electron chi connectivity index (χ0n) is 29.8. The molecule has 6 bridgehead atoms. The first-order valence-electron chi connectivity index (χ1n) is 16.4. The fraction of sp³-hybridized carbons (Fsp3) is 0.600. The van der Waals surface area contributed by atoms with Crippen molar-refractivity contribution >= 4 is 53.8 Å². The number of nitrogens with zero attached hydrogens (tertiary/aromatic N) is 2. The number of aliphatic hydroxyl groups is 1. The second kappa shape index (κ2) is 15.5. The Morgan fingerprint density at radius 1 is 1.24 bits per heavy atom. The van der Waals surface area contributed by atoms with Crippen molar-refractivity contribution in [1.29, 1.82) is 0 Å². The minimum Gasteiger partial charge on any atom is -0.495 e. The number of alkyl carbamates (subject to hydrolysis) is 1. The van der Waals surface area contributed by atoms with Crippen LogP contribution in [-0.2, 0) is 39.8 Å². The Morgan fingerprint density at radius 3 is 2.54 bits per heavy atom. The van der Waals surface area contributed by atoms with E-state index in [9.17, 15) is 24.3 Å². The fourth-order valence-electron chi connectivity index (χ4n) is 6.78. The van der Waals surface area contributed by atoms with Gasteiger partial charge in [-0.2, -0.15) is 12.6 Å². The summed E-state index contributed by atoms with van der Waals surface area (Å²) >= 11 is 10.8. The molecule has 15 heteroatoms. The summed E-state index contributed by atoms with van der Waals surface area (Å²) in [5.41, 5.74) is -2.11. The number of ether oxygens (including phenoxy) is 5. The minimum atomic E-state index is -1.85. The fourth-order valence-corrected chi connectivity index (χ4v) is 7.29. The van der Waals surface area contributed by atoms with Crippen LogP contribution in [0.3, 0.4) is 0 Å². The van der Waals surface area contributed by atoms with Gasteiger partial charge in [0.1, 0.15) is 46.3 Å². The van der Waals surface area contributed by atoms with Gasteiger partial charge < -0.3 is 38.6 Å². The number of likely N-dealkylation sites (N-methyl/N-ethyl adjacent to an activating group) is 1. The molecule has 2 N–H and O–H groups in total. The molecule has 4 aliphatic heterocycles. The molecule has 276 valence electrons. The van der Waals surface area contributed by atoms with Gasteiger partial charge in [0.2, 0.25) is 11.8 Å². The van der Waals surface area contributed by atoms with E-state index in [1.54, 1.807) is 45.2 Å². The van der Waals surface area contributed by atoms with Gasteiger partial charge in [0.05, 0.1) is 19.2 Å². The molecule has 13 nitrogen and oxygen atoms in total. The SMILES string of the molecule is COc1cc2cc(c1Cl)N(C)C(=O)C[C@H](OC(=O)[C@H](C)N(C)C(=O)CCS)[C@@]1(C)CC(C)(O1)[C@@H]1CC(O)(NC(=O)O1)[C@H](OC)/C=C/C=C(\C)C2. The monoisotopic (exact) mass is 737 g/mol. The van der Waals surface area contributed by atoms with E-state index in [0.717, 1.165) is 11.1 Å². The molecule has 1 aromatic carbocycles. The first kappa shape index (κ1) is 39.5. The molecule has 3 amide bonds. The van der Waals surface area contributed by atoms with E-state index in [-0.39, 0.29) is 36.6 Å². The summed E-state index contributed by atoms with van der Waals surface area (Å²) in [6.45, 7) is 6.88. The topological polar surface area (TPSA) is 153 Å². The van der Waals surface area contributed by atoms with Gasteiger partial charge in [0.25, 0.3) is 0 Å². The molecular weight excluding hydrogens is 690 g/mol. The average Bonchev–Trinajstić information content (AvgIpc) is 3.04. The molecule has 0 radical (unpaired) electrons. The lowest BCUT2D eigenvalue weighted by Crippen LogP contribution is -2.72. The molecule has 0 aromatic heterocycles. The Kier molecular flexibility index (Phi) is 12.3. The Bertz CT molecular complexity index is 1550. The van der Waals surface area contributed by atoms with Crippen molar-refractivity contribution in [2.45, 2.75) is 101 Å². The van der Waals surface area contributed by atoms with E-state index >= 15 is 0 Å². The normalized spacial score (nSPS) is 32.3. The van der Waals surface area contributed by atoms with Crippen LogP contribution in [0.4, 0.5) is 10.5 Å². The van der Waals surface area contributed by atoms with Gasteiger partial charge in [-0.1, -0.05) is 35.4 Å². The molecule has 0 saturated carbocycles. The van der Waals surface area contributed by atoms with Crippen molar-refractivity contribution in [2.24, 2.45) is 0 Å². The van der Waals surface area contributed by atoms with Gasteiger partial charge in [0, 0.05) is 40.5 Å². The number of anilines is 1. The predicted molar refractivity (Wildman–Crippen MR) is 189 cm³/mol. The zero-order chi connectivity index (χ0) is 37.2. The first-order valence-corrected chi connectivity index (χ1v) is 17.4. The lowest BCUT2D eigenvalue weighted by molar-refractivity contribution is -0.328. The number of hydrogen-bond acceptors (Lipinski definition) is 11. The molecule has 2 saturated heterocycles. The maximum Gasteiger partial charge on any atom is 0.409 e. The first-order chi connectivity index (χ1) is 23.4. The number of halogens is 1. The highest BCUT2D eigenvalue weighted by atomic mass is 35.5. The smallest absolute Gasteiger partial charge is 0.409 e. The Morgan fingerprint density at radius 2 is 1.92 bits per heavy atom. The number of carbonyl (C=O) groups excluding carboxylic acids is 4. The van der Waals surface area contributed by atoms with E-state index in [2.05, 4.69) is 17.9 Å². The van der Waals surface area contributed by atoms with Gasteiger partial charge in [-0.15, -0.1) is 0 Å². The maximum atomic E-state index is 14.0. The average molecular weight is 738 g/mol. The van der Waals surface area contributed by atoms with Crippen molar-refractivity contribution in [2.75, 3.05) is 39.0 Å². The molecule has 4 aliphatic rings. The van der Waals surface area contributed by atoms with Crippen LogP contribution in [0, 0.1) is 0 Å². The molecule has 2 fully saturated rings. The second-order valence-electron chi connectivity index (χ2n) is 13.7. The van der Waals surface area contributed by atoms with Crippen molar-refractivity contribution in [1.82, 2.24) is 10.2 Å². The number of esters is 1. The van der Waals surface area contributed by atoms with Gasteiger partial charge in [-0.25, -0.2) is 9.59 Å². The van der Waals surface area contributed by atoms with Crippen LogP contribution < -0.4 is 15.0 Å². The molecule has 7 atom stereocenters. The van der Waals surface area contributed by atoms with Crippen LogP contribution in [0.1, 0.15) is 58.9 Å². The third-order valence-corrected chi connectivity index (χ3v) is 10.4. The van der Waals surface area contributed by atoms with Crippen molar-refractivity contribution in [3.8, 4) is 5.75 Å². The number of carbonyl (C=O) groups is 4. The number of rotatable bonds is 7. The molecule has 1 aromatic rings. The van der Waals surface area contributed by atoms with Gasteiger partial charge >= 0.3 is 12.1 Å². The molecule has 5 rings (SSSR count). The summed E-state index contributed by atoms with van der Waals surface area (Å²) in [6, 6.07) is 2.60. The summed E-state index contributed by atoms with van der Waals surface area (Å²) in [5.74, 6) is -0.793. The second-order valence-corrected chi connectivity index (χ2v) is 14.5. The third-order valence-electron chi connectivity index (χ3n) is 9.76. The maximum absolute atomic E-state index is 14.0. The molecule has 4 heterocycles. The Hall–Kier alpha value is -3.30. The lowest BCUT2D eigenvalue weighted by atomic mass is 9.72. The van der Waals surface area contributed by atoms with Crippen LogP contribution in [0.2, 0.25) is 5.02 Å². The molecule has 50 heavy (non-hydrogen) atoms. The Labute approximate surface area is 303 Å². The van der Waals surface area contributed by atoms with E-state index in [1.807, 2.05) is 13.0 Å². The highest BCUT2D eigenvalue weighted by molar-refractivity contribution is 7.80. The highest BCUT2D eigenvalue weighted by Crippen LogP contribution is 2.50. The largest absolute Gasteiger partial charge is 0.495 e. The highest BCUT2D eigenvalue weighted by Gasteiger charge is 2.63. The van der Waals surface area contributed by atoms with E-state index < -0.39 is 59.3 Å². The Balaban J connectivity index is 1.78. The standard InChI is InChI=1S/C35H48ClN3O10S/c1-20-10-9-11-25(46-8)35(44)18-27(48-32(43)37-35)34(4)19-33(3,49-34)26(47-31(42)21(2)38(5)28(40)12-13-50)17-29(41)39(6)23-15-22(14-20)16-24(45-7)30(23)36/h9-11,15-16,21,25-27,44,50H,12-14,17-19H2,1-8H3,(H,37,43)/b11-9+,20-10+/t21-,25+,26-,27-,33+,34?,35?/m0/s1.